The maximum Gasteiger partial charge on any atom is 0.509 e. The van der Waals surface area contributed by atoms with Crippen molar-refractivity contribution in [3.05, 3.63) is 0 Å². The topological polar surface area (TPSA) is 418 Å². The monoisotopic (exact) mass is 1650 g/mol. The molecule has 25 atom stereocenters. The van der Waals surface area contributed by atoms with Crippen molar-refractivity contribution < 1.29 is 149 Å². The number of esters is 6. The maximum atomic E-state index is 13.5. The Bertz CT molecular complexity index is 4160. The fraction of sp³-hybridized carbons (Fsp3) is 0.889. The third-order valence-corrected chi connectivity index (χ3v) is 34.0. The average Bonchev–Trinajstić information content (AvgIpc) is 1.50. The molecule has 0 N–H and O–H groups in total. The number of carbonyl (C=O) groups is 7. The third-order valence-electron chi connectivity index (χ3n) is 26.4. The Morgan fingerprint density at radius 3 is 1.36 bits per heavy atom. The number of rotatable bonds is 18. The summed E-state index contributed by atoms with van der Waals surface area (Å²) >= 11 is 0. The molecule has 15 aliphatic rings. The molecular weight excluding hydrogens is 1540 g/mol. The summed E-state index contributed by atoms with van der Waals surface area (Å²) in [5.41, 5.74) is -3.16. The molecular formula is C72H104F3NO30S4. The van der Waals surface area contributed by atoms with E-state index >= 15 is 0 Å². The van der Waals surface area contributed by atoms with E-state index in [1.807, 2.05) is 47.6 Å². The van der Waals surface area contributed by atoms with Gasteiger partial charge in [0, 0.05) is 47.3 Å². The number of nitriles is 1. The first-order valence-electron chi connectivity index (χ1n) is 37.8. The third kappa shape index (κ3) is 14.9. The summed E-state index contributed by atoms with van der Waals surface area (Å²) in [5, 5.41) is 8.51. The highest BCUT2D eigenvalue weighted by Gasteiger charge is 2.83. The zero-order chi connectivity index (χ0) is 81.7. The molecule has 7 saturated heterocycles. The number of fused-ring (bicyclic) bond motifs is 7. The van der Waals surface area contributed by atoms with Gasteiger partial charge < -0.3 is 52.1 Å². The van der Waals surface area contributed by atoms with Crippen molar-refractivity contribution in [1.82, 2.24) is 0 Å². The fourth-order valence-corrected chi connectivity index (χ4v) is 25.4. The van der Waals surface area contributed by atoms with Gasteiger partial charge in [0.25, 0.3) is 40.5 Å². The van der Waals surface area contributed by atoms with Crippen LogP contribution in [0.4, 0.5) is 18.0 Å². The predicted molar refractivity (Wildman–Crippen MR) is 370 cm³/mol. The number of hydrogen-bond donors (Lipinski definition) is 0. The Hall–Kier alpha value is -5.11. The first-order valence-corrected chi connectivity index (χ1v) is 43.6. The highest BCUT2D eigenvalue weighted by atomic mass is 32.2. The largest absolute Gasteiger partial charge is 0.509 e. The summed E-state index contributed by atoms with van der Waals surface area (Å²) in [6, 6.07) is 1.95. The Balaban J connectivity index is 0.000000137. The zero-order valence-corrected chi connectivity index (χ0v) is 68.1. The van der Waals surface area contributed by atoms with Crippen molar-refractivity contribution in [2.75, 3.05) is 13.2 Å². The van der Waals surface area contributed by atoms with E-state index in [4.69, 9.17) is 68.8 Å². The number of halogens is 3. The lowest BCUT2D eigenvalue weighted by Gasteiger charge is -2.34. The van der Waals surface area contributed by atoms with Gasteiger partial charge in [-0.05, 0) is 167 Å². The van der Waals surface area contributed by atoms with Gasteiger partial charge in [-0.1, -0.05) is 34.6 Å². The molecule has 15 fully saturated rings. The van der Waals surface area contributed by atoms with Gasteiger partial charge in [0.15, 0.2) is 46.5 Å². The van der Waals surface area contributed by atoms with Crippen LogP contribution in [0.2, 0.25) is 0 Å². The van der Waals surface area contributed by atoms with Crippen LogP contribution in [0.25, 0.3) is 0 Å². The van der Waals surface area contributed by atoms with Crippen LogP contribution >= 0.6 is 0 Å². The molecule has 31 nitrogen and oxygen atoms in total. The molecule has 0 amide bonds. The van der Waals surface area contributed by atoms with Crippen molar-refractivity contribution >= 4 is 82.4 Å². The minimum atomic E-state index is -4.89. The van der Waals surface area contributed by atoms with Crippen LogP contribution in [-0.4, -0.2) is 200 Å². The van der Waals surface area contributed by atoms with Crippen LogP contribution in [0.15, 0.2) is 0 Å². The highest BCUT2D eigenvalue weighted by Crippen LogP contribution is 2.67. The molecule has 8 saturated carbocycles. The quantitative estimate of drug-likeness (QED) is 0.0712. The number of alkyl halides is 3. The van der Waals surface area contributed by atoms with Gasteiger partial charge in [0.1, 0.15) is 61.5 Å². The molecule has 110 heavy (non-hydrogen) atoms. The molecule has 0 aromatic carbocycles. The number of carbonyl (C=O) groups excluding carboxylic acids is 7. The molecule has 38 heteroatoms. The van der Waals surface area contributed by atoms with Gasteiger partial charge in [-0.3, -0.25) is 40.7 Å². The summed E-state index contributed by atoms with van der Waals surface area (Å²) < 4.78 is 212. The van der Waals surface area contributed by atoms with E-state index in [1.54, 1.807) is 76.2 Å². The van der Waals surface area contributed by atoms with E-state index < -0.39 is 217 Å². The minimum Gasteiger partial charge on any atom is -0.461 e. The first kappa shape index (κ1) is 85.8. The molecule has 0 spiro atoms. The van der Waals surface area contributed by atoms with Gasteiger partial charge >= 0.3 is 48.1 Å². The van der Waals surface area contributed by atoms with Gasteiger partial charge in [0.05, 0.1) is 43.6 Å². The van der Waals surface area contributed by atoms with Crippen molar-refractivity contribution in [2.45, 2.75) is 313 Å². The Labute approximate surface area is 640 Å². The van der Waals surface area contributed by atoms with E-state index in [1.165, 1.54) is 0 Å². The molecule has 8 aliphatic carbocycles. The van der Waals surface area contributed by atoms with Gasteiger partial charge in [0.2, 0.25) is 0 Å². The number of nitrogens with zero attached hydrogens (tertiary/aromatic N) is 1. The summed E-state index contributed by atoms with van der Waals surface area (Å²) in [4.78, 5) is 84.2. The second-order valence-corrected chi connectivity index (χ2v) is 42.7. The number of cyclic esters (lactones) is 1. The smallest absolute Gasteiger partial charge is 0.461 e. The Morgan fingerprint density at radius 2 is 0.900 bits per heavy atom. The molecule has 25 unspecified atom stereocenters. The lowest BCUT2D eigenvalue weighted by Crippen LogP contribution is -2.54. The summed E-state index contributed by atoms with van der Waals surface area (Å²) in [7, 11) is -15.6. The Kier molecular flexibility index (Phi) is 22.8. The van der Waals surface area contributed by atoms with E-state index in [0.29, 0.717) is 57.8 Å². The predicted octanol–water partition coefficient (Wildman–Crippen LogP) is 8.00. The van der Waals surface area contributed by atoms with Crippen molar-refractivity contribution in [1.29, 1.82) is 5.26 Å². The lowest BCUT2D eigenvalue weighted by atomic mass is 9.83. The molecule has 8 bridgehead atoms. The van der Waals surface area contributed by atoms with Crippen molar-refractivity contribution in [3.8, 4) is 6.07 Å². The van der Waals surface area contributed by atoms with Gasteiger partial charge in [-0.2, -0.15) is 52.1 Å². The SMILES string of the molecule is CCC(C)(C)C(=O)OC1C2CC3C1OS(=O)(=O)C3(C#N)C2.CCC(C)(C)C(=O)OC1C2CC3C1OS(=O)(=O)C3(C(F)(F)F)C2.CCC(C)(C)C(=O)OC1C2CC3C1OS(=O)(=O)C3C2.CCC(C)(C)C(=O)OCC(=O)OC1C2CC3C1OS(=O)(=O)C3C2.CCC(C)(C)C(=O)OCC1OC(=O)OC2C1OC1OC(C)(C)OC12. The van der Waals surface area contributed by atoms with E-state index in [0.717, 1.165) is 6.42 Å². The van der Waals surface area contributed by atoms with E-state index in [2.05, 4.69) is 0 Å². The number of ether oxygens (including phenoxy) is 11. The fourth-order valence-electron chi connectivity index (χ4n) is 17.8. The first-order chi connectivity index (χ1) is 50.6. The lowest BCUT2D eigenvalue weighted by molar-refractivity contribution is -0.241. The number of hydrogen-bond acceptors (Lipinski definition) is 31. The van der Waals surface area contributed by atoms with Crippen LogP contribution in [0.1, 0.15) is 201 Å². The molecule has 0 aromatic rings. The molecule has 0 aromatic heterocycles. The van der Waals surface area contributed by atoms with Gasteiger partial charge in [-0.15, -0.1) is 0 Å². The van der Waals surface area contributed by atoms with Crippen LogP contribution in [0.3, 0.4) is 0 Å². The standard InChI is InChI=1S/C16H24O8.C15H22O7S.C14H19F3O5S.C14H19NO5S.C13H20O5S/c1-6-15(2,3)13(17)19-7-8-9-10(22-14(18)20-8)11-12(21-9)24-16(4,5)23-11;1-4-15(2,3)14(17)20-7-11(16)21-12-8-5-9-10(6-8)23(18,19)22-13(9)12;1-4-12(2,3)11(18)21-9-7-5-8-10(9)22-23(19,20)13(8,6-7)14(15,16)17;1-4-13(2,3)12(16)19-10-8-5-9-11(10)20-21(17,18)14(9,6-8)7-15;1-4-13(2,3)12(14)17-10-7-5-8-9(6-7)19(15,16)18-11(8)10/h8-12H,6-7H2,1-5H3;8-10,12-13H,4-7H2,1-3H3;7-10H,4-6H2,1-3H3;8-11H,4-6H2,1-3H3;7-11H,4-6H2,1-3H3. The van der Waals surface area contributed by atoms with Crippen LogP contribution in [0.5, 0.6) is 0 Å². The Morgan fingerprint density at radius 1 is 0.482 bits per heavy atom. The zero-order valence-electron chi connectivity index (χ0n) is 64.8. The van der Waals surface area contributed by atoms with Crippen LogP contribution in [0, 0.1) is 85.7 Å². The minimum absolute atomic E-state index is 0.0130. The summed E-state index contributed by atoms with van der Waals surface area (Å²) in [5.74, 6) is -5.60. The average molecular weight is 1650 g/mol. The molecule has 15 rings (SSSR count). The molecule has 622 valence electrons. The van der Waals surface area contributed by atoms with Crippen LogP contribution in [-0.2, 0) is 138 Å². The normalized spacial score (nSPS) is 40.0. The maximum absolute atomic E-state index is 13.5. The van der Waals surface area contributed by atoms with E-state index in [-0.39, 0.29) is 84.2 Å². The summed E-state index contributed by atoms with van der Waals surface area (Å²) in [6.07, 6.45) is -8.37. The second kappa shape index (κ2) is 29.3. The van der Waals surface area contributed by atoms with E-state index in [9.17, 15) is 85.7 Å². The molecule has 7 aliphatic heterocycles. The van der Waals surface area contributed by atoms with Crippen LogP contribution < -0.4 is 0 Å². The van der Waals surface area contributed by atoms with Crippen molar-refractivity contribution in [3.63, 3.8) is 0 Å². The molecule has 0 radical (unpaired) electrons. The van der Waals surface area contributed by atoms with Gasteiger partial charge in [-0.25, -0.2) is 9.59 Å². The highest BCUT2D eigenvalue weighted by molar-refractivity contribution is 7.89. The summed E-state index contributed by atoms with van der Waals surface area (Å²) in [6.45, 7) is 30.1. The second-order valence-electron chi connectivity index (χ2n) is 35.5. The molecule has 7 heterocycles. The van der Waals surface area contributed by atoms with Crippen molar-refractivity contribution in [2.24, 2.45) is 74.4 Å².